The van der Waals surface area contributed by atoms with Crippen molar-refractivity contribution in [2.45, 2.75) is 43.7 Å². The van der Waals surface area contributed by atoms with E-state index in [1.807, 2.05) is 42.5 Å². The van der Waals surface area contributed by atoms with Crippen LogP contribution in [0.4, 0.5) is 0 Å². The maximum absolute atomic E-state index is 13.7. The molecule has 0 aliphatic rings. The van der Waals surface area contributed by atoms with Gasteiger partial charge in [0.15, 0.2) is 0 Å². The number of rotatable bonds is 15. The number of aliphatic hydroxyl groups excluding tert-OH is 1. The van der Waals surface area contributed by atoms with Gasteiger partial charge < -0.3 is 20.1 Å². The van der Waals surface area contributed by atoms with Gasteiger partial charge in [-0.25, -0.2) is 13.1 Å². The molecule has 0 radical (unpaired) electrons. The molecule has 0 saturated heterocycles. The number of hydrogen-bond acceptors (Lipinski definition) is 6. The van der Waals surface area contributed by atoms with Crippen LogP contribution in [-0.2, 0) is 39.0 Å². The number of ether oxygens (including phenoxy) is 1. The number of hydrogen-bond donors (Lipinski definition) is 3. The van der Waals surface area contributed by atoms with Crippen molar-refractivity contribution >= 4 is 21.8 Å². The van der Waals surface area contributed by atoms with Crippen LogP contribution in [0.25, 0.3) is 0 Å². The Hall–Kier alpha value is -3.73. The van der Waals surface area contributed by atoms with E-state index in [2.05, 4.69) is 10.0 Å². The van der Waals surface area contributed by atoms with Gasteiger partial charge in [-0.1, -0.05) is 61.5 Å². The van der Waals surface area contributed by atoms with Gasteiger partial charge in [-0.05, 0) is 47.4 Å². The van der Waals surface area contributed by atoms with Crippen LogP contribution < -0.4 is 14.8 Å². The number of aryl methyl sites for hydroxylation is 1. The Bertz CT molecular complexity index is 1330. The van der Waals surface area contributed by atoms with Crippen LogP contribution in [0.1, 0.15) is 30.0 Å². The van der Waals surface area contributed by atoms with Crippen molar-refractivity contribution in [2.24, 2.45) is 0 Å². The molecule has 0 aliphatic carbocycles. The summed E-state index contributed by atoms with van der Waals surface area (Å²) in [4.78, 5) is 28.8. The minimum absolute atomic E-state index is 0.0802. The summed E-state index contributed by atoms with van der Waals surface area (Å²) in [5.41, 5.74) is 2.54. The first-order chi connectivity index (χ1) is 19.3. The van der Waals surface area contributed by atoms with Gasteiger partial charge in [-0.3, -0.25) is 9.59 Å². The first kappa shape index (κ1) is 30.8. The van der Waals surface area contributed by atoms with E-state index < -0.39 is 16.1 Å². The number of methoxy groups -OCH3 is 1. The molecule has 3 aromatic rings. The van der Waals surface area contributed by atoms with Gasteiger partial charge in [0.05, 0.1) is 18.6 Å². The molecule has 0 unspecified atom stereocenters. The molecular formula is C30H37N3O6S. The number of benzene rings is 3. The summed E-state index contributed by atoms with van der Waals surface area (Å²) in [5, 5.41) is 12.0. The quantitative estimate of drug-likeness (QED) is 0.259. The SMILES string of the molecule is CCNS(=O)(=O)c1ccc(CCC(=O)N(Cc2ccc(OC)cc2)[C@H](Cc2ccccc2)C(=O)NCCO)cc1. The van der Waals surface area contributed by atoms with Gasteiger partial charge in [-0.2, -0.15) is 0 Å². The summed E-state index contributed by atoms with van der Waals surface area (Å²) in [5.74, 6) is 0.112. The monoisotopic (exact) mass is 567 g/mol. The van der Waals surface area contributed by atoms with Crippen LogP contribution in [0, 0.1) is 0 Å². The Morgan fingerprint density at radius 3 is 2.17 bits per heavy atom. The topological polar surface area (TPSA) is 125 Å². The van der Waals surface area contributed by atoms with Gasteiger partial charge in [0, 0.05) is 32.5 Å². The fraction of sp³-hybridized carbons (Fsp3) is 0.333. The third-order valence-electron chi connectivity index (χ3n) is 6.39. The van der Waals surface area contributed by atoms with Crippen LogP contribution in [0.15, 0.2) is 83.8 Å². The lowest BCUT2D eigenvalue weighted by molar-refractivity contribution is -0.141. The highest BCUT2D eigenvalue weighted by Gasteiger charge is 2.30. The standard InChI is InChI=1S/C30H37N3O6S/c1-3-32-40(37,38)27-16-11-23(12-17-27)13-18-29(35)33(22-25-9-14-26(39-2)15-10-25)28(30(36)31-19-20-34)21-24-7-5-4-6-8-24/h4-12,14-17,28,32,34H,3,13,18-22H2,1-2H3,(H,31,36)/t28-/m1/s1. The number of sulfonamides is 1. The Balaban J connectivity index is 1.86. The Kier molecular flexibility index (Phi) is 11.7. The minimum atomic E-state index is -3.57. The Morgan fingerprint density at radius 2 is 1.57 bits per heavy atom. The molecule has 1 atom stereocenters. The predicted molar refractivity (Wildman–Crippen MR) is 153 cm³/mol. The molecule has 0 aliphatic heterocycles. The summed E-state index contributed by atoms with van der Waals surface area (Å²) in [7, 11) is -1.99. The molecule has 2 amide bonds. The number of aliphatic hydroxyl groups is 1. The van der Waals surface area contributed by atoms with E-state index in [9.17, 15) is 23.1 Å². The second-order valence-corrected chi connectivity index (χ2v) is 11.0. The van der Waals surface area contributed by atoms with E-state index in [0.717, 1.165) is 16.7 Å². The smallest absolute Gasteiger partial charge is 0.243 e. The molecule has 40 heavy (non-hydrogen) atoms. The zero-order chi connectivity index (χ0) is 29.0. The van der Waals surface area contributed by atoms with Crippen molar-refractivity contribution in [2.75, 3.05) is 26.8 Å². The lowest BCUT2D eigenvalue weighted by Gasteiger charge is -2.31. The van der Waals surface area contributed by atoms with E-state index in [0.29, 0.717) is 25.1 Å². The highest BCUT2D eigenvalue weighted by molar-refractivity contribution is 7.89. The van der Waals surface area contributed by atoms with Crippen LogP contribution in [0.3, 0.4) is 0 Å². The molecule has 3 N–H and O–H groups in total. The molecule has 9 nitrogen and oxygen atoms in total. The van der Waals surface area contributed by atoms with E-state index in [-0.39, 0.29) is 42.8 Å². The van der Waals surface area contributed by atoms with E-state index in [1.165, 1.54) is 12.1 Å². The number of amides is 2. The fourth-order valence-corrected chi connectivity index (χ4v) is 5.32. The molecule has 3 rings (SSSR count). The highest BCUT2D eigenvalue weighted by Crippen LogP contribution is 2.19. The second-order valence-electron chi connectivity index (χ2n) is 9.24. The number of nitrogens with one attached hydrogen (secondary N) is 2. The summed E-state index contributed by atoms with van der Waals surface area (Å²) in [6.07, 6.45) is 0.792. The van der Waals surface area contributed by atoms with Crippen molar-refractivity contribution in [3.05, 3.63) is 95.6 Å². The summed E-state index contributed by atoms with van der Waals surface area (Å²) < 4.78 is 32.2. The van der Waals surface area contributed by atoms with Gasteiger partial charge in [0.25, 0.3) is 0 Å². The molecule has 0 heterocycles. The molecule has 0 saturated carbocycles. The summed E-state index contributed by atoms with van der Waals surface area (Å²) in [6, 6.07) is 22.4. The van der Waals surface area contributed by atoms with Crippen LogP contribution in [0.2, 0.25) is 0 Å². The maximum Gasteiger partial charge on any atom is 0.243 e. The summed E-state index contributed by atoms with van der Waals surface area (Å²) in [6.45, 7) is 2.07. The zero-order valence-electron chi connectivity index (χ0n) is 22.9. The van der Waals surface area contributed by atoms with Crippen molar-refractivity contribution in [3.8, 4) is 5.75 Å². The van der Waals surface area contributed by atoms with Crippen molar-refractivity contribution in [1.82, 2.24) is 14.9 Å². The normalized spacial score (nSPS) is 12.0. The molecule has 10 heteroatoms. The van der Waals surface area contributed by atoms with E-state index in [1.54, 1.807) is 43.2 Å². The molecule has 0 aromatic heterocycles. The van der Waals surface area contributed by atoms with Crippen LogP contribution >= 0.6 is 0 Å². The number of carbonyl (C=O) groups excluding carboxylic acids is 2. The first-order valence-corrected chi connectivity index (χ1v) is 14.7. The predicted octanol–water partition coefficient (Wildman–Crippen LogP) is 2.67. The Labute approximate surface area is 236 Å². The molecular weight excluding hydrogens is 530 g/mol. The number of carbonyl (C=O) groups is 2. The largest absolute Gasteiger partial charge is 0.497 e. The average molecular weight is 568 g/mol. The minimum Gasteiger partial charge on any atom is -0.497 e. The fourth-order valence-electron chi connectivity index (χ4n) is 4.28. The maximum atomic E-state index is 13.7. The van der Waals surface area contributed by atoms with Gasteiger partial charge in [-0.15, -0.1) is 0 Å². The third kappa shape index (κ3) is 8.90. The van der Waals surface area contributed by atoms with Crippen molar-refractivity contribution in [3.63, 3.8) is 0 Å². The lowest BCUT2D eigenvalue weighted by atomic mass is 10.0. The first-order valence-electron chi connectivity index (χ1n) is 13.2. The van der Waals surface area contributed by atoms with Crippen LogP contribution in [-0.4, -0.2) is 63.1 Å². The molecule has 0 spiro atoms. The lowest BCUT2D eigenvalue weighted by Crippen LogP contribution is -2.51. The summed E-state index contributed by atoms with van der Waals surface area (Å²) >= 11 is 0. The molecule has 3 aromatic carbocycles. The van der Waals surface area contributed by atoms with E-state index in [4.69, 9.17) is 4.74 Å². The van der Waals surface area contributed by atoms with Gasteiger partial charge >= 0.3 is 0 Å². The van der Waals surface area contributed by atoms with Crippen molar-refractivity contribution < 1.29 is 27.9 Å². The third-order valence-corrected chi connectivity index (χ3v) is 7.95. The van der Waals surface area contributed by atoms with Crippen molar-refractivity contribution in [1.29, 1.82) is 0 Å². The van der Waals surface area contributed by atoms with Gasteiger partial charge in [0.2, 0.25) is 21.8 Å². The highest BCUT2D eigenvalue weighted by atomic mass is 32.2. The van der Waals surface area contributed by atoms with Gasteiger partial charge in [0.1, 0.15) is 11.8 Å². The Morgan fingerprint density at radius 1 is 0.925 bits per heavy atom. The molecule has 0 bridgehead atoms. The molecule has 214 valence electrons. The average Bonchev–Trinajstić information content (AvgIpc) is 2.97. The van der Waals surface area contributed by atoms with E-state index >= 15 is 0 Å². The number of nitrogens with zero attached hydrogens (tertiary/aromatic N) is 1. The van der Waals surface area contributed by atoms with Crippen LogP contribution in [0.5, 0.6) is 5.75 Å². The zero-order valence-corrected chi connectivity index (χ0v) is 23.7. The molecule has 0 fully saturated rings. The second kappa shape index (κ2) is 15.2.